The maximum Gasteiger partial charge on any atom is 0.295 e. The molecule has 5 nitrogen and oxygen atoms in total. The van der Waals surface area contributed by atoms with E-state index in [9.17, 15) is 4.79 Å². The second-order valence-electron chi connectivity index (χ2n) is 4.39. The predicted molar refractivity (Wildman–Crippen MR) is 74.6 cm³/mol. The van der Waals surface area contributed by atoms with Crippen LogP contribution in [0.2, 0.25) is 0 Å². The summed E-state index contributed by atoms with van der Waals surface area (Å²) in [5.74, 6) is 0.640. The molecule has 0 amide bonds. The van der Waals surface area contributed by atoms with Gasteiger partial charge < -0.3 is 15.0 Å². The topological polar surface area (TPSA) is 67.0 Å². The van der Waals surface area contributed by atoms with Crippen LogP contribution in [-0.2, 0) is 0 Å². The second kappa shape index (κ2) is 5.56. The Bertz CT molecular complexity index is 605. The Balaban J connectivity index is 2.24. The lowest BCUT2D eigenvalue weighted by Gasteiger charge is -2.16. The van der Waals surface area contributed by atoms with E-state index in [4.69, 9.17) is 4.74 Å². The highest BCUT2D eigenvalue weighted by atomic mass is 16.5. The molecule has 0 aliphatic carbocycles. The first kappa shape index (κ1) is 13.1. The van der Waals surface area contributed by atoms with Crippen molar-refractivity contribution in [1.82, 2.24) is 9.97 Å². The van der Waals surface area contributed by atoms with E-state index >= 15 is 0 Å². The van der Waals surface area contributed by atoms with Crippen LogP contribution in [0.15, 0.2) is 35.4 Å². The molecule has 19 heavy (non-hydrogen) atoms. The summed E-state index contributed by atoms with van der Waals surface area (Å²) in [6, 6.07) is 8.23. The van der Waals surface area contributed by atoms with Crippen LogP contribution in [0.1, 0.15) is 24.1 Å². The van der Waals surface area contributed by atoms with Crippen molar-refractivity contribution in [2.45, 2.75) is 19.9 Å². The molecule has 2 N–H and O–H groups in total. The Morgan fingerprint density at radius 3 is 2.63 bits per heavy atom. The first-order valence-corrected chi connectivity index (χ1v) is 6.06. The molecule has 1 aromatic carbocycles. The van der Waals surface area contributed by atoms with Gasteiger partial charge in [-0.05, 0) is 19.4 Å². The molecular weight excluding hydrogens is 242 g/mol. The summed E-state index contributed by atoms with van der Waals surface area (Å²) in [5, 5.41) is 3.18. The fourth-order valence-corrected chi connectivity index (χ4v) is 1.82. The Morgan fingerprint density at radius 2 is 2.00 bits per heavy atom. The van der Waals surface area contributed by atoms with Crippen LogP contribution in [0.5, 0.6) is 5.75 Å². The number of hydrogen-bond donors (Lipinski definition) is 2. The number of ether oxygens (including phenoxy) is 1. The number of rotatable bonds is 4. The van der Waals surface area contributed by atoms with E-state index in [0.717, 1.165) is 5.56 Å². The monoisotopic (exact) mass is 259 g/mol. The smallest absolute Gasteiger partial charge is 0.295 e. The molecule has 1 aromatic heterocycles. The molecule has 1 unspecified atom stereocenters. The normalized spacial score (nSPS) is 11.9. The van der Waals surface area contributed by atoms with Gasteiger partial charge in [-0.15, -0.1) is 0 Å². The Labute approximate surface area is 111 Å². The number of aromatic nitrogens is 2. The highest BCUT2D eigenvalue weighted by molar-refractivity contribution is 5.49. The number of hydrogen-bond acceptors (Lipinski definition) is 4. The van der Waals surface area contributed by atoms with E-state index in [-0.39, 0.29) is 17.4 Å². The van der Waals surface area contributed by atoms with Crippen LogP contribution < -0.4 is 15.6 Å². The number of H-pyrrole nitrogens is 1. The van der Waals surface area contributed by atoms with Crippen molar-refractivity contribution in [2.24, 2.45) is 0 Å². The van der Waals surface area contributed by atoms with Crippen LogP contribution in [0, 0.1) is 6.92 Å². The van der Waals surface area contributed by atoms with Gasteiger partial charge in [0.2, 0.25) is 5.75 Å². The van der Waals surface area contributed by atoms with E-state index in [0.29, 0.717) is 5.82 Å². The first-order chi connectivity index (χ1) is 9.11. The summed E-state index contributed by atoms with van der Waals surface area (Å²) < 4.78 is 5.06. The maximum absolute atomic E-state index is 11.6. The summed E-state index contributed by atoms with van der Waals surface area (Å²) >= 11 is 0. The third-order valence-corrected chi connectivity index (χ3v) is 2.95. The SMILES string of the molecule is COc1c(NC(C)c2ccc(C)cc2)nc[nH]c1=O. The van der Waals surface area contributed by atoms with Gasteiger partial charge in [-0.2, -0.15) is 0 Å². The van der Waals surface area contributed by atoms with Crippen molar-refractivity contribution in [3.05, 3.63) is 52.1 Å². The molecule has 1 atom stereocenters. The Hall–Kier alpha value is -2.30. The van der Waals surface area contributed by atoms with Crippen LogP contribution in [0.3, 0.4) is 0 Å². The number of aromatic amines is 1. The molecule has 2 rings (SSSR count). The van der Waals surface area contributed by atoms with Crippen molar-refractivity contribution in [2.75, 3.05) is 12.4 Å². The summed E-state index contributed by atoms with van der Waals surface area (Å²) in [7, 11) is 1.45. The third-order valence-electron chi connectivity index (χ3n) is 2.95. The summed E-state index contributed by atoms with van der Waals surface area (Å²) in [4.78, 5) is 18.2. The van der Waals surface area contributed by atoms with Crippen molar-refractivity contribution >= 4 is 5.82 Å². The standard InChI is InChI=1S/C14H17N3O2/c1-9-4-6-11(7-5-9)10(2)17-13-12(19-3)14(18)16-8-15-13/h4-8,10H,1-3H3,(H2,15,16,17,18). The zero-order valence-electron chi connectivity index (χ0n) is 11.2. The summed E-state index contributed by atoms with van der Waals surface area (Å²) in [6.45, 7) is 4.05. The molecule has 0 saturated heterocycles. The van der Waals surface area contributed by atoms with Crippen LogP contribution >= 0.6 is 0 Å². The fourth-order valence-electron chi connectivity index (χ4n) is 1.82. The zero-order valence-corrected chi connectivity index (χ0v) is 11.2. The van der Waals surface area contributed by atoms with Crippen molar-refractivity contribution < 1.29 is 4.74 Å². The largest absolute Gasteiger partial charge is 0.489 e. The van der Waals surface area contributed by atoms with Crippen LogP contribution in [-0.4, -0.2) is 17.1 Å². The summed E-state index contributed by atoms with van der Waals surface area (Å²) in [6.07, 6.45) is 1.36. The zero-order chi connectivity index (χ0) is 13.8. The number of benzene rings is 1. The number of methoxy groups -OCH3 is 1. The van der Waals surface area contributed by atoms with Crippen LogP contribution in [0.25, 0.3) is 0 Å². The highest BCUT2D eigenvalue weighted by Crippen LogP contribution is 2.22. The van der Waals surface area contributed by atoms with E-state index in [2.05, 4.69) is 27.4 Å². The quantitative estimate of drug-likeness (QED) is 0.883. The average Bonchev–Trinajstić information content (AvgIpc) is 2.39. The molecule has 100 valence electrons. The molecular formula is C14H17N3O2. The number of nitrogens with one attached hydrogen (secondary N) is 2. The van der Waals surface area contributed by atoms with Gasteiger partial charge >= 0.3 is 0 Å². The third kappa shape index (κ3) is 2.93. The maximum atomic E-state index is 11.6. The van der Waals surface area contributed by atoms with Gasteiger partial charge in [0.25, 0.3) is 5.56 Å². The van der Waals surface area contributed by atoms with Crippen molar-refractivity contribution in [1.29, 1.82) is 0 Å². The predicted octanol–water partition coefficient (Wildman–Crippen LogP) is 2.26. The Kier molecular flexibility index (Phi) is 3.85. The molecule has 0 aliphatic rings. The molecule has 0 saturated carbocycles. The minimum Gasteiger partial charge on any atom is -0.489 e. The lowest BCUT2D eigenvalue weighted by Crippen LogP contribution is -2.16. The average molecular weight is 259 g/mol. The molecule has 0 bridgehead atoms. The van der Waals surface area contributed by atoms with Gasteiger partial charge in [0.15, 0.2) is 5.82 Å². The molecule has 0 spiro atoms. The van der Waals surface area contributed by atoms with Crippen molar-refractivity contribution in [3.8, 4) is 5.75 Å². The van der Waals surface area contributed by atoms with E-state index < -0.39 is 0 Å². The molecule has 0 radical (unpaired) electrons. The molecule has 2 aromatic rings. The number of anilines is 1. The lowest BCUT2D eigenvalue weighted by molar-refractivity contribution is 0.407. The van der Waals surface area contributed by atoms with Gasteiger partial charge in [0.1, 0.15) is 0 Å². The molecule has 0 aliphatic heterocycles. The number of nitrogens with zero attached hydrogens (tertiary/aromatic N) is 1. The lowest BCUT2D eigenvalue weighted by atomic mass is 10.1. The fraction of sp³-hybridized carbons (Fsp3) is 0.286. The minimum absolute atomic E-state index is 0.0313. The highest BCUT2D eigenvalue weighted by Gasteiger charge is 2.12. The summed E-state index contributed by atoms with van der Waals surface area (Å²) in [5.41, 5.74) is 2.04. The molecule has 1 heterocycles. The van der Waals surface area contributed by atoms with Crippen molar-refractivity contribution in [3.63, 3.8) is 0 Å². The van der Waals surface area contributed by atoms with Gasteiger partial charge in [-0.3, -0.25) is 4.79 Å². The van der Waals surface area contributed by atoms with E-state index in [1.807, 2.05) is 26.0 Å². The van der Waals surface area contributed by atoms with Gasteiger partial charge in [-0.1, -0.05) is 29.8 Å². The second-order valence-corrected chi connectivity index (χ2v) is 4.39. The molecule has 0 fully saturated rings. The minimum atomic E-state index is -0.295. The Morgan fingerprint density at radius 1 is 1.32 bits per heavy atom. The van der Waals surface area contributed by atoms with Gasteiger partial charge in [0.05, 0.1) is 19.5 Å². The first-order valence-electron chi connectivity index (χ1n) is 6.06. The van der Waals surface area contributed by atoms with E-state index in [1.54, 1.807) is 0 Å². The molecule has 5 heteroatoms. The van der Waals surface area contributed by atoms with Gasteiger partial charge in [0, 0.05) is 0 Å². The van der Waals surface area contributed by atoms with E-state index in [1.165, 1.54) is 19.0 Å². The van der Waals surface area contributed by atoms with Gasteiger partial charge in [-0.25, -0.2) is 4.98 Å². The van der Waals surface area contributed by atoms with Crippen LogP contribution in [0.4, 0.5) is 5.82 Å². The number of aryl methyl sites for hydroxylation is 1.